The van der Waals surface area contributed by atoms with Crippen molar-refractivity contribution in [3.05, 3.63) is 56.7 Å². The van der Waals surface area contributed by atoms with Gasteiger partial charge in [-0.25, -0.2) is 14.6 Å². The van der Waals surface area contributed by atoms with E-state index in [0.717, 1.165) is 10.4 Å². The van der Waals surface area contributed by atoms with Crippen molar-refractivity contribution < 1.29 is 9.53 Å². The molecule has 7 nitrogen and oxygen atoms in total. The number of esters is 1. The maximum atomic E-state index is 11.9. The summed E-state index contributed by atoms with van der Waals surface area (Å²) < 4.78 is 5.81. The van der Waals surface area contributed by atoms with Gasteiger partial charge in [0.15, 0.2) is 5.69 Å². The Labute approximate surface area is 139 Å². The fraction of sp³-hybridized carbons (Fsp3) is 0.143. The van der Waals surface area contributed by atoms with E-state index in [-0.39, 0.29) is 12.3 Å². The number of ether oxygens (including phenoxy) is 1. The fourth-order valence-corrected chi connectivity index (χ4v) is 2.86. The van der Waals surface area contributed by atoms with Crippen molar-refractivity contribution in [3.63, 3.8) is 0 Å². The van der Waals surface area contributed by atoms with Crippen LogP contribution in [-0.4, -0.2) is 32.7 Å². The van der Waals surface area contributed by atoms with E-state index in [1.54, 1.807) is 12.1 Å². The van der Waals surface area contributed by atoms with Gasteiger partial charge in [-0.15, -0.1) is 11.3 Å². The first-order valence-corrected chi connectivity index (χ1v) is 7.83. The standard InChI is InChI=1S/C14H11ClN4O3S/c15-12-2-1-11(23-12)9-5-10(19-18-9)13(20)22-4-3-8-6-16-14(21)17-7-8/h1-2,5-7H,3-4H2,(H,18,19)(H,16,17,21). The number of hydrogen-bond acceptors (Lipinski definition) is 6. The van der Waals surface area contributed by atoms with E-state index < -0.39 is 11.7 Å². The summed E-state index contributed by atoms with van der Waals surface area (Å²) in [5.41, 5.74) is 1.26. The number of nitrogens with zero attached hydrogens (tertiary/aromatic N) is 2. The number of carbonyl (C=O) groups excluding carboxylic acids is 1. The highest BCUT2D eigenvalue weighted by Crippen LogP contribution is 2.29. The summed E-state index contributed by atoms with van der Waals surface area (Å²) in [4.78, 5) is 29.7. The Morgan fingerprint density at radius 2 is 2.26 bits per heavy atom. The van der Waals surface area contributed by atoms with E-state index in [9.17, 15) is 9.59 Å². The Kier molecular flexibility index (Phi) is 4.54. The molecule has 23 heavy (non-hydrogen) atoms. The van der Waals surface area contributed by atoms with Crippen molar-refractivity contribution >= 4 is 28.9 Å². The average molecular weight is 351 g/mol. The summed E-state index contributed by atoms with van der Waals surface area (Å²) >= 11 is 7.27. The third kappa shape index (κ3) is 3.85. The molecule has 0 aromatic carbocycles. The molecule has 3 rings (SSSR count). The molecule has 3 heterocycles. The van der Waals surface area contributed by atoms with Crippen molar-refractivity contribution in [2.45, 2.75) is 6.42 Å². The lowest BCUT2D eigenvalue weighted by Crippen LogP contribution is -2.12. The Morgan fingerprint density at radius 1 is 1.39 bits per heavy atom. The van der Waals surface area contributed by atoms with Crippen LogP contribution >= 0.6 is 22.9 Å². The highest BCUT2D eigenvalue weighted by Gasteiger charge is 2.13. The molecule has 0 radical (unpaired) electrons. The minimum atomic E-state index is -0.521. The molecule has 0 saturated heterocycles. The minimum absolute atomic E-state index is 0.166. The summed E-state index contributed by atoms with van der Waals surface area (Å²) in [5, 5.41) is 6.73. The van der Waals surface area contributed by atoms with Gasteiger partial charge < -0.3 is 9.72 Å². The van der Waals surface area contributed by atoms with Crippen LogP contribution in [0.25, 0.3) is 10.6 Å². The SMILES string of the molecule is O=C(OCCc1cnc(=O)[nH]c1)c1cc(-c2ccc(Cl)s2)[nH]n1. The van der Waals surface area contributed by atoms with Crippen LogP contribution in [0.4, 0.5) is 0 Å². The smallest absolute Gasteiger partial charge is 0.358 e. The molecule has 0 spiro atoms. The molecule has 3 aromatic rings. The number of aromatic nitrogens is 4. The average Bonchev–Trinajstić information content (AvgIpc) is 3.18. The molecule has 118 valence electrons. The Balaban J connectivity index is 1.57. The van der Waals surface area contributed by atoms with Crippen LogP contribution in [0.3, 0.4) is 0 Å². The topological polar surface area (TPSA) is 101 Å². The Morgan fingerprint density at radius 3 is 2.96 bits per heavy atom. The summed E-state index contributed by atoms with van der Waals surface area (Å²) in [6.45, 7) is 0.166. The van der Waals surface area contributed by atoms with Gasteiger partial charge >= 0.3 is 11.7 Å². The van der Waals surface area contributed by atoms with Crippen LogP contribution in [-0.2, 0) is 11.2 Å². The molecule has 0 aliphatic heterocycles. The first kappa shape index (κ1) is 15.4. The second-order valence-corrected chi connectivity index (χ2v) is 6.30. The minimum Gasteiger partial charge on any atom is -0.461 e. The number of halogens is 1. The highest BCUT2D eigenvalue weighted by atomic mass is 35.5. The van der Waals surface area contributed by atoms with Gasteiger partial charge in [0.2, 0.25) is 0 Å². The lowest BCUT2D eigenvalue weighted by Gasteiger charge is -2.02. The largest absolute Gasteiger partial charge is 0.461 e. The van der Waals surface area contributed by atoms with Crippen LogP contribution in [0.15, 0.2) is 35.4 Å². The van der Waals surface area contributed by atoms with Crippen LogP contribution in [0.1, 0.15) is 16.1 Å². The van der Waals surface area contributed by atoms with Gasteiger partial charge in [-0.05, 0) is 23.8 Å². The monoisotopic (exact) mass is 350 g/mol. The molecule has 0 fully saturated rings. The molecule has 0 unspecified atom stereocenters. The number of aromatic amines is 2. The number of carbonyl (C=O) groups is 1. The molecule has 0 aliphatic carbocycles. The van der Waals surface area contributed by atoms with Crippen molar-refractivity contribution in [2.75, 3.05) is 6.61 Å². The number of hydrogen-bond donors (Lipinski definition) is 2. The summed E-state index contributed by atoms with van der Waals surface area (Å²) in [5.74, 6) is -0.521. The van der Waals surface area contributed by atoms with Gasteiger partial charge in [0.1, 0.15) is 0 Å². The molecule has 0 amide bonds. The molecule has 2 N–H and O–H groups in total. The normalized spacial score (nSPS) is 10.7. The third-order valence-electron chi connectivity index (χ3n) is 2.98. The number of H-pyrrole nitrogens is 2. The van der Waals surface area contributed by atoms with Gasteiger partial charge in [-0.3, -0.25) is 5.10 Å². The van der Waals surface area contributed by atoms with E-state index in [2.05, 4.69) is 20.2 Å². The molecule has 0 saturated carbocycles. The summed E-state index contributed by atoms with van der Waals surface area (Å²) in [7, 11) is 0. The van der Waals surface area contributed by atoms with Gasteiger partial charge in [-0.2, -0.15) is 5.10 Å². The van der Waals surface area contributed by atoms with Crippen LogP contribution in [0.2, 0.25) is 4.34 Å². The number of rotatable bonds is 5. The Hall–Kier alpha value is -2.45. The fourth-order valence-electron chi connectivity index (χ4n) is 1.85. The summed E-state index contributed by atoms with van der Waals surface area (Å²) in [6.07, 6.45) is 3.43. The molecule has 9 heteroatoms. The van der Waals surface area contributed by atoms with Crippen molar-refractivity contribution in [2.24, 2.45) is 0 Å². The van der Waals surface area contributed by atoms with E-state index in [1.807, 2.05) is 6.07 Å². The molecular weight excluding hydrogens is 340 g/mol. The van der Waals surface area contributed by atoms with Crippen molar-refractivity contribution in [1.29, 1.82) is 0 Å². The lowest BCUT2D eigenvalue weighted by atomic mass is 10.2. The second kappa shape index (κ2) is 6.76. The quantitative estimate of drug-likeness (QED) is 0.687. The molecule has 0 atom stereocenters. The van der Waals surface area contributed by atoms with E-state index in [0.29, 0.717) is 16.5 Å². The van der Waals surface area contributed by atoms with Gasteiger partial charge in [0, 0.05) is 18.8 Å². The van der Waals surface area contributed by atoms with Crippen LogP contribution in [0, 0.1) is 0 Å². The molecule has 0 bridgehead atoms. The third-order valence-corrected chi connectivity index (χ3v) is 4.24. The van der Waals surface area contributed by atoms with Gasteiger partial charge in [-0.1, -0.05) is 11.6 Å². The first-order valence-electron chi connectivity index (χ1n) is 6.63. The molecule has 3 aromatic heterocycles. The van der Waals surface area contributed by atoms with E-state index >= 15 is 0 Å². The Bertz CT molecular complexity index is 866. The zero-order valence-electron chi connectivity index (χ0n) is 11.7. The predicted octanol–water partition coefficient (Wildman–Crippen LogP) is 2.27. The van der Waals surface area contributed by atoms with Gasteiger partial charge in [0.25, 0.3) is 0 Å². The first-order chi connectivity index (χ1) is 11.1. The highest BCUT2D eigenvalue weighted by molar-refractivity contribution is 7.19. The zero-order chi connectivity index (χ0) is 16.2. The maximum Gasteiger partial charge on any atom is 0.358 e. The summed E-state index contributed by atoms with van der Waals surface area (Å²) in [6, 6.07) is 5.24. The molecular formula is C14H11ClN4O3S. The molecule has 0 aliphatic rings. The van der Waals surface area contributed by atoms with Crippen LogP contribution in [0.5, 0.6) is 0 Å². The van der Waals surface area contributed by atoms with Crippen molar-refractivity contribution in [3.8, 4) is 10.6 Å². The lowest BCUT2D eigenvalue weighted by molar-refractivity contribution is 0.0502. The number of thiophene rings is 1. The van der Waals surface area contributed by atoms with E-state index in [4.69, 9.17) is 16.3 Å². The zero-order valence-corrected chi connectivity index (χ0v) is 13.3. The van der Waals surface area contributed by atoms with Crippen LogP contribution < -0.4 is 5.69 Å². The number of nitrogens with one attached hydrogen (secondary N) is 2. The predicted molar refractivity (Wildman–Crippen MR) is 85.8 cm³/mol. The maximum absolute atomic E-state index is 11.9. The van der Waals surface area contributed by atoms with Gasteiger partial charge in [0.05, 0.1) is 21.5 Å². The second-order valence-electron chi connectivity index (χ2n) is 4.58. The van der Waals surface area contributed by atoms with Crippen molar-refractivity contribution in [1.82, 2.24) is 20.2 Å². The van der Waals surface area contributed by atoms with E-state index in [1.165, 1.54) is 23.7 Å².